The molecule has 3 aromatic carbocycles. The number of fused-ring (bicyclic) bond motifs is 3. The van der Waals surface area contributed by atoms with Crippen molar-refractivity contribution in [3.05, 3.63) is 102 Å². The highest BCUT2D eigenvalue weighted by Crippen LogP contribution is 2.38. The Labute approximate surface area is 225 Å². The SMILES string of the molecule is O=C(OC1C[N+]2(Cc3ccccc3)CCC1CC2)C(Nc1ccccc1)c1ccccc1.O=C([O-])C(F)(F)F. The Balaban J connectivity index is 0.000000448. The van der Waals surface area contributed by atoms with E-state index in [-0.39, 0.29) is 12.1 Å². The van der Waals surface area contributed by atoms with Crippen LogP contribution in [0.2, 0.25) is 0 Å². The molecule has 0 radical (unpaired) electrons. The van der Waals surface area contributed by atoms with Crippen LogP contribution in [-0.4, -0.2) is 48.3 Å². The number of anilines is 1. The average molecular weight is 541 g/mol. The van der Waals surface area contributed by atoms with Gasteiger partial charge in [0.1, 0.15) is 19.1 Å². The Bertz CT molecular complexity index is 1220. The Kier molecular flexibility index (Phi) is 8.91. The number of nitrogens with one attached hydrogen (secondary N) is 1. The molecule has 1 N–H and O–H groups in total. The van der Waals surface area contributed by atoms with Gasteiger partial charge in [0, 0.05) is 30.0 Å². The molecule has 3 fully saturated rings. The Morgan fingerprint density at radius 3 is 1.95 bits per heavy atom. The summed E-state index contributed by atoms with van der Waals surface area (Å²) >= 11 is 0. The molecule has 39 heavy (non-hydrogen) atoms. The summed E-state index contributed by atoms with van der Waals surface area (Å²) in [6.07, 6.45) is -2.95. The summed E-state index contributed by atoms with van der Waals surface area (Å²) in [7, 11) is 0. The molecule has 6 rings (SSSR count). The minimum atomic E-state index is -5.19. The quantitative estimate of drug-likeness (QED) is 0.353. The van der Waals surface area contributed by atoms with Crippen molar-refractivity contribution in [3.8, 4) is 0 Å². The summed E-state index contributed by atoms with van der Waals surface area (Å²) < 4.78 is 38.8. The van der Waals surface area contributed by atoms with Gasteiger partial charge in [0.05, 0.1) is 13.1 Å². The summed E-state index contributed by atoms with van der Waals surface area (Å²) in [6, 6.07) is 30.0. The van der Waals surface area contributed by atoms with Crippen molar-refractivity contribution in [1.29, 1.82) is 0 Å². The maximum absolute atomic E-state index is 13.5. The van der Waals surface area contributed by atoms with Crippen LogP contribution in [0.5, 0.6) is 0 Å². The predicted molar refractivity (Wildman–Crippen MR) is 138 cm³/mol. The lowest BCUT2D eigenvalue weighted by Gasteiger charge is -2.52. The highest BCUT2D eigenvalue weighted by molar-refractivity contribution is 5.81. The smallest absolute Gasteiger partial charge is 0.430 e. The molecule has 0 aliphatic carbocycles. The first-order chi connectivity index (χ1) is 18.7. The van der Waals surface area contributed by atoms with Crippen LogP contribution < -0.4 is 10.4 Å². The number of carboxylic acid groups (broad SMARTS) is 1. The third-order valence-electron chi connectivity index (χ3n) is 7.35. The third-order valence-corrected chi connectivity index (χ3v) is 7.35. The molecule has 3 aromatic rings. The van der Waals surface area contributed by atoms with Crippen LogP contribution in [-0.2, 0) is 20.9 Å². The van der Waals surface area contributed by atoms with Crippen molar-refractivity contribution >= 4 is 17.6 Å². The van der Waals surface area contributed by atoms with Gasteiger partial charge in [0.2, 0.25) is 0 Å². The molecule has 0 aromatic heterocycles. The minimum absolute atomic E-state index is 0.0162. The van der Waals surface area contributed by atoms with Crippen molar-refractivity contribution in [2.45, 2.75) is 37.7 Å². The predicted octanol–water partition coefficient (Wildman–Crippen LogP) is 4.49. The molecule has 3 aliphatic heterocycles. The van der Waals surface area contributed by atoms with Crippen molar-refractivity contribution in [2.24, 2.45) is 5.92 Å². The zero-order valence-electron chi connectivity index (χ0n) is 21.3. The second-order valence-electron chi connectivity index (χ2n) is 10.1. The van der Waals surface area contributed by atoms with Crippen LogP contribution >= 0.6 is 0 Å². The maximum Gasteiger partial charge on any atom is 0.430 e. The number of carbonyl (C=O) groups is 2. The lowest BCUT2D eigenvalue weighted by Crippen LogP contribution is -2.63. The van der Waals surface area contributed by atoms with E-state index in [1.807, 2.05) is 60.7 Å². The fourth-order valence-electron chi connectivity index (χ4n) is 5.39. The van der Waals surface area contributed by atoms with Crippen molar-refractivity contribution in [2.75, 3.05) is 25.0 Å². The highest BCUT2D eigenvalue weighted by atomic mass is 19.4. The first-order valence-corrected chi connectivity index (χ1v) is 12.9. The normalized spacial score (nSPS) is 22.6. The second-order valence-corrected chi connectivity index (χ2v) is 10.1. The first kappa shape index (κ1) is 28.2. The maximum atomic E-state index is 13.5. The zero-order chi connectivity index (χ0) is 27.9. The van der Waals surface area contributed by atoms with Gasteiger partial charge in [-0.15, -0.1) is 0 Å². The van der Waals surface area contributed by atoms with Crippen molar-refractivity contribution in [3.63, 3.8) is 0 Å². The van der Waals surface area contributed by atoms with Crippen LogP contribution in [0, 0.1) is 5.92 Å². The number of hydrogen-bond donors (Lipinski definition) is 1. The summed E-state index contributed by atoms with van der Waals surface area (Å²) in [5, 5.41) is 12.2. The molecule has 3 heterocycles. The van der Waals surface area contributed by atoms with E-state index in [2.05, 4.69) is 35.6 Å². The highest BCUT2D eigenvalue weighted by Gasteiger charge is 2.48. The van der Waals surface area contributed by atoms with Gasteiger partial charge in [-0.25, -0.2) is 4.79 Å². The van der Waals surface area contributed by atoms with Gasteiger partial charge in [-0.2, -0.15) is 13.2 Å². The lowest BCUT2D eigenvalue weighted by atomic mass is 9.82. The molecule has 0 amide bonds. The molecule has 0 spiro atoms. The topological polar surface area (TPSA) is 78.5 Å². The number of hydrogen-bond acceptors (Lipinski definition) is 5. The van der Waals surface area contributed by atoms with Gasteiger partial charge in [-0.3, -0.25) is 0 Å². The van der Waals surface area contributed by atoms with Crippen molar-refractivity contribution < 1.29 is 37.1 Å². The standard InChI is InChI=1S/C28H31N2O2.C2HF3O2/c31-28(27(24-12-6-2-7-13-24)29-25-14-8-3-9-15-25)32-26-21-30(18-16-23(26)17-19-30)20-22-10-4-1-5-11-22;3-2(4,5)1(6)7/h1-15,23,26-27,29H,16-21H2;(H,6,7)/q+1;/p-1. The molecule has 3 saturated heterocycles. The van der Waals surface area contributed by atoms with E-state index in [0.717, 1.165) is 41.7 Å². The van der Waals surface area contributed by atoms with Gasteiger partial charge in [0.15, 0.2) is 12.1 Å². The number of piperidine rings is 3. The van der Waals surface area contributed by atoms with Crippen LogP contribution in [0.3, 0.4) is 0 Å². The molecule has 9 heteroatoms. The lowest BCUT2D eigenvalue weighted by molar-refractivity contribution is -0.958. The van der Waals surface area contributed by atoms with Crippen LogP contribution in [0.1, 0.15) is 30.0 Å². The van der Waals surface area contributed by atoms with E-state index in [9.17, 15) is 18.0 Å². The Morgan fingerprint density at radius 2 is 1.41 bits per heavy atom. The van der Waals surface area contributed by atoms with Crippen LogP contribution in [0.4, 0.5) is 18.9 Å². The number of halogens is 3. The average Bonchev–Trinajstić information content (AvgIpc) is 2.93. The van der Waals surface area contributed by atoms with Crippen LogP contribution in [0.25, 0.3) is 0 Å². The number of nitrogens with zero attached hydrogens (tertiary/aromatic N) is 1. The van der Waals surface area contributed by atoms with Crippen LogP contribution in [0.15, 0.2) is 91.0 Å². The van der Waals surface area contributed by atoms with Gasteiger partial charge < -0.3 is 24.4 Å². The van der Waals surface area contributed by atoms with E-state index in [1.54, 1.807) is 0 Å². The molecule has 3 aliphatic rings. The molecule has 6 nitrogen and oxygen atoms in total. The number of rotatable bonds is 7. The zero-order valence-corrected chi connectivity index (χ0v) is 21.3. The van der Waals surface area contributed by atoms with Crippen molar-refractivity contribution in [1.82, 2.24) is 0 Å². The molecular formula is C30H31F3N2O4. The Morgan fingerprint density at radius 1 is 0.897 bits per heavy atom. The number of carbonyl (C=O) groups excluding carboxylic acids is 2. The number of para-hydroxylation sites is 1. The van der Waals surface area contributed by atoms with Gasteiger partial charge in [0.25, 0.3) is 0 Å². The van der Waals surface area contributed by atoms with E-state index in [0.29, 0.717) is 5.92 Å². The number of quaternary nitrogens is 1. The monoisotopic (exact) mass is 540 g/mol. The third kappa shape index (κ3) is 7.60. The number of alkyl halides is 3. The summed E-state index contributed by atoms with van der Waals surface area (Å²) in [5.74, 6) is -2.72. The number of benzene rings is 3. The number of aliphatic carboxylic acids is 1. The summed E-state index contributed by atoms with van der Waals surface area (Å²) in [4.78, 5) is 22.2. The molecular weight excluding hydrogens is 509 g/mol. The molecule has 2 atom stereocenters. The van der Waals surface area contributed by atoms with E-state index in [1.165, 1.54) is 18.7 Å². The minimum Gasteiger partial charge on any atom is -0.542 e. The Hall–Kier alpha value is -3.85. The number of ether oxygens (including phenoxy) is 1. The van der Waals surface area contributed by atoms with E-state index < -0.39 is 18.2 Å². The fourth-order valence-corrected chi connectivity index (χ4v) is 5.39. The molecule has 0 saturated carbocycles. The number of carboxylic acids is 1. The van der Waals surface area contributed by atoms with Gasteiger partial charge in [-0.05, 0) is 17.7 Å². The van der Waals surface area contributed by atoms with Gasteiger partial charge >= 0.3 is 12.1 Å². The summed E-state index contributed by atoms with van der Waals surface area (Å²) in [6.45, 7) is 4.29. The number of esters is 1. The molecule has 2 unspecified atom stereocenters. The summed E-state index contributed by atoms with van der Waals surface area (Å²) in [5.41, 5.74) is 3.21. The first-order valence-electron chi connectivity index (χ1n) is 12.9. The molecule has 2 bridgehead atoms. The molecule has 206 valence electrons. The van der Waals surface area contributed by atoms with Gasteiger partial charge in [-0.1, -0.05) is 78.9 Å². The van der Waals surface area contributed by atoms with E-state index >= 15 is 0 Å². The fraction of sp³-hybridized carbons (Fsp3) is 0.333. The largest absolute Gasteiger partial charge is 0.542 e. The van der Waals surface area contributed by atoms with E-state index in [4.69, 9.17) is 14.6 Å². The second kappa shape index (κ2) is 12.3.